The van der Waals surface area contributed by atoms with E-state index in [1.54, 1.807) is 18.2 Å². The Labute approximate surface area is 198 Å². The number of benzene rings is 1. The van der Waals surface area contributed by atoms with Crippen LogP contribution in [-0.4, -0.2) is 71.9 Å². The number of rotatable bonds is 9. The minimum Gasteiger partial charge on any atom is -0.453 e. The molecule has 0 unspecified atom stereocenters. The predicted octanol–water partition coefficient (Wildman–Crippen LogP) is 2.48. The third-order valence-electron chi connectivity index (χ3n) is 6.18. The number of nitrogens with zero attached hydrogens (tertiary/aromatic N) is 3. The number of nitrogens with one attached hydrogen (secondary N) is 2. The summed E-state index contributed by atoms with van der Waals surface area (Å²) >= 11 is 0. The number of hydrogen-bond donors (Lipinski definition) is 2. The fourth-order valence-corrected chi connectivity index (χ4v) is 4.25. The Hall–Kier alpha value is -2.98. The van der Waals surface area contributed by atoms with Crippen LogP contribution >= 0.6 is 0 Å². The van der Waals surface area contributed by atoms with Crippen LogP contribution in [0.3, 0.4) is 0 Å². The Kier molecular flexibility index (Phi) is 7.79. The molecule has 0 radical (unpaired) electrons. The Morgan fingerprint density at radius 1 is 1.38 bits per heavy atom. The highest BCUT2D eigenvalue weighted by atomic mass is 19.1. The molecule has 1 saturated heterocycles. The highest BCUT2D eigenvalue weighted by molar-refractivity contribution is 5.82. The maximum absolute atomic E-state index is 14.7. The molecule has 34 heavy (non-hydrogen) atoms. The molecule has 1 saturated carbocycles. The molecule has 1 aromatic heterocycles. The van der Waals surface area contributed by atoms with E-state index in [-0.39, 0.29) is 23.8 Å². The van der Waals surface area contributed by atoms with Gasteiger partial charge in [-0.1, -0.05) is 12.1 Å². The molecule has 2 fully saturated rings. The van der Waals surface area contributed by atoms with Crippen molar-refractivity contribution in [1.29, 1.82) is 0 Å². The lowest BCUT2D eigenvalue weighted by molar-refractivity contribution is -0.148. The lowest BCUT2D eigenvalue weighted by Crippen LogP contribution is -2.50. The van der Waals surface area contributed by atoms with Crippen LogP contribution in [0.2, 0.25) is 0 Å². The zero-order chi connectivity index (χ0) is 24.1. The summed E-state index contributed by atoms with van der Waals surface area (Å²) in [5.74, 6) is 0.0984. The Morgan fingerprint density at radius 3 is 2.85 bits per heavy atom. The third-order valence-corrected chi connectivity index (χ3v) is 6.18. The van der Waals surface area contributed by atoms with Gasteiger partial charge in [0.2, 0.25) is 0 Å². The summed E-state index contributed by atoms with van der Waals surface area (Å²) in [6.45, 7) is 4.63. The van der Waals surface area contributed by atoms with Gasteiger partial charge in [-0.3, -0.25) is 4.79 Å². The summed E-state index contributed by atoms with van der Waals surface area (Å²) in [6.07, 6.45) is 3.40. The van der Waals surface area contributed by atoms with Crippen LogP contribution in [0.5, 0.6) is 0 Å². The summed E-state index contributed by atoms with van der Waals surface area (Å²) in [4.78, 5) is 31.3. The standard InChI is InChI=1S/C24H32FN5O4/c1-16(30(17-8-9-17)23(31)21-14-26-11-13-34-21)20-15-29(12-5-10-27-24(32)33-2)22(28-20)18-6-3-4-7-19(18)25/h3-4,6-7,15-17,21,26H,5,8-14H2,1-2H3,(H,27,32)/t16-,21-/m1/s1. The summed E-state index contributed by atoms with van der Waals surface area (Å²) in [5, 5.41) is 5.87. The number of methoxy groups -OCH3 is 1. The van der Waals surface area contributed by atoms with Crippen molar-refractivity contribution >= 4 is 12.0 Å². The number of alkyl carbamates (subject to hydrolysis) is 1. The van der Waals surface area contributed by atoms with Crippen molar-refractivity contribution in [1.82, 2.24) is 25.1 Å². The van der Waals surface area contributed by atoms with Gasteiger partial charge in [-0.15, -0.1) is 0 Å². The number of imidazole rings is 1. The van der Waals surface area contributed by atoms with Crippen molar-refractivity contribution in [3.05, 3.63) is 42.0 Å². The maximum atomic E-state index is 14.7. The van der Waals surface area contributed by atoms with Gasteiger partial charge < -0.3 is 29.6 Å². The Bertz CT molecular complexity index is 1000. The van der Waals surface area contributed by atoms with Crippen LogP contribution < -0.4 is 10.6 Å². The molecule has 2 amide bonds. The van der Waals surface area contributed by atoms with Gasteiger partial charge >= 0.3 is 6.09 Å². The molecular formula is C24H32FN5O4. The number of halogens is 1. The molecule has 2 aromatic rings. The first kappa shape index (κ1) is 24.2. The summed E-state index contributed by atoms with van der Waals surface area (Å²) in [6, 6.07) is 6.39. The van der Waals surface area contributed by atoms with E-state index in [1.165, 1.54) is 13.2 Å². The Morgan fingerprint density at radius 2 is 2.18 bits per heavy atom. The minimum atomic E-state index is -0.505. The van der Waals surface area contributed by atoms with Crippen molar-refractivity contribution in [3.8, 4) is 11.4 Å². The molecule has 1 aromatic carbocycles. The lowest BCUT2D eigenvalue weighted by Gasteiger charge is -2.33. The van der Waals surface area contributed by atoms with Crippen molar-refractivity contribution < 1.29 is 23.5 Å². The average Bonchev–Trinajstić information content (AvgIpc) is 3.60. The molecule has 4 rings (SSSR count). The second-order valence-electron chi connectivity index (χ2n) is 8.65. The van der Waals surface area contributed by atoms with E-state index in [1.807, 2.05) is 22.6 Å². The number of carbonyl (C=O) groups is 2. The highest BCUT2D eigenvalue weighted by Crippen LogP contribution is 2.36. The van der Waals surface area contributed by atoms with E-state index in [0.29, 0.717) is 49.7 Å². The predicted molar refractivity (Wildman–Crippen MR) is 124 cm³/mol. The van der Waals surface area contributed by atoms with Gasteiger partial charge in [0.25, 0.3) is 5.91 Å². The van der Waals surface area contributed by atoms with Crippen LogP contribution in [0, 0.1) is 5.82 Å². The first-order valence-corrected chi connectivity index (χ1v) is 11.8. The van der Waals surface area contributed by atoms with Crippen molar-refractivity contribution in [2.24, 2.45) is 0 Å². The van der Waals surface area contributed by atoms with E-state index >= 15 is 0 Å². The first-order chi connectivity index (χ1) is 16.5. The van der Waals surface area contributed by atoms with Gasteiger partial charge in [0.15, 0.2) is 0 Å². The monoisotopic (exact) mass is 473 g/mol. The lowest BCUT2D eigenvalue weighted by atomic mass is 10.1. The van der Waals surface area contributed by atoms with E-state index in [2.05, 4.69) is 15.4 Å². The van der Waals surface area contributed by atoms with Gasteiger partial charge in [-0.2, -0.15) is 0 Å². The van der Waals surface area contributed by atoms with Gasteiger partial charge in [0.05, 0.1) is 31.0 Å². The number of ether oxygens (including phenoxy) is 2. The summed E-state index contributed by atoms with van der Waals surface area (Å²) in [7, 11) is 1.32. The topological polar surface area (TPSA) is 97.7 Å². The third kappa shape index (κ3) is 5.56. The van der Waals surface area contributed by atoms with Crippen molar-refractivity contribution in [2.45, 2.75) is 50.9 Å². The van der Waals surface area contributed by atoms with Gasteiger partial charge in [0, 0.05) is 38.4 Å². The molecule has 0 spiro atoms. The van der Waals surface area contributed by atoms with Gasteiger partial charge in [0.1, 0.15) is 17.7 Å². The quantitative estimate of drug-likeness (QED) is 0.543. The largest absolute Gasteiger partial charge is 0.453 e. The number of amides is 2. The molecule has 0 bridgehead atoms. The number of morpholine rings is 1. The number of aromatic nitrogens is 2. The average molecular weight is 474 g/mol. The van der Waals surface area contributed by atoms with Crippen LogP contribution in [0.15, 0.2) is 30.5 Å². The van der Waals surface area contributed by atoms with E-state index in [9.17, 15) is 14.0 Å². The minimum absolute atomic E-state index is 0.0357. The first-order valence-electron chi connectivity index (χ1n) is 11.8. The molecule has 10 heteroatoms. The zero-order valence-corrected chi connectivity index (χ0v) is 19.6. The van der Waals surface area contributed by atoms with Gasteiger partial charge in [-0.05, 0) is 38.3 Å². The van der Waals surface area contributed by atoms with Crippen LogP contribution in [0.4, 0.5) is 9.18 Å². The second kappa shape index (κ2) is 11.0. The van der Waals surface area contributed by atoms with Crippen LogP contribution in [-0.2, 0) is 20.8 Å². The fourth-order valence-electron chi connectivity index (χ4n) is 4.25. The molecule has 2 N–H and O–H groups in total. The Balaban J connectivity index is 1.58. The maximum Gasteiger partial charge on any atom is 0.406 e. The fraction of sp³-hybridized carbons (Fsp3) is 0.542. The number of hydrogen-bond acceptors (Lipinski definition) is 6. The zero-order valence-electron chi connectivity index (χ0n) is 19.6. The van der Waals surface area contributed by atoms with E-state index < -0.39 is 12.2 Å². The molecule has 2 atom stereocenters. The van der Waals surface area contributed by atoms with Crippen molar-refractivity contribution in [2.75, 3.05) is 33.4 Å². The van der Waals surface area contributed by atoms with E-state index in [4.69, 9.17) is 9.72 Å². The molecule has 1 aliphatic heterocycles. The van der Waals surface area contributed by atoms with Crippen LogP contribution in [0.1, 0.15) is 37.9 Å². The van der Waals surface area contributed by atoms with Gasteiger partial charge in [-0.25, -0.2) is 14.2 Å². The SMILES string of the molecule is COC(=O)NCCCn1cc([C@@H](C)N(C(=O)[C@H]2CNCCO2)C2CC2)nc1-c1ccccc1F. The molecule has 2 heterocycles. The second-order valence-corrected chi connectivity index (χ2v) is 8.65. The highest BCUT2D eigenvalue weighted by Gasteiger charge is 2.40. The summed E-state index contributed by atoms with van der Waals surface area (Å²) < 4.78 is 26.9. The van der Waals surface area contributed by atoms with Crippen LogP contribution in [0.25, 0.3) is 11.4 Å². The molecule has 2 aliphatic rings. The van der Waals surface area contributed by atoms with Crippen molar-refractivity contribution in [3.63, 3.8) is 0 Å². The number of carbonyl (C=O) groups excluding carboxylic acids is 2. The normalized spacial score (nSPS) is 18.9. The molecular weight excluding hydrogens is 441 g/mol. The smallest absolute Gasteiger partial charge is 0.406 e. The molecule has 9 nitrogen and oxygen atoms in total. The molecule has 184 valence electrons. The molecule has 1 aliphatic carbocycles. The summed E-state index contributed by atoms with van der Waals surface area (Å²) in [5.41, 5.74) is 1.09. The van der Waals surface area contributed by atoms with E-state index in [0.717, 1.165) is 19.4 Å². The number of aryl methyl sites for hydroxylation is 1.